The summed E-state index contributed by atoms with van der Waals surface area (Å²) in [6, 6.07) is 3.41. The molecule has 0 atom stereocenters. The van der Waals surface area contributed by atoms with Gasteiger partial charge in [0.15, 0.2) is 11.5 Å². The number of alkyl halides is 1. The predicted molar refractivity (Wildman–Crippen MR) is 70.2 cm³/mol. The van der Waals surface area contributed by atoms with Crippen LogP contribution in [-0.2, 0) is 11.3 Å². The second-order valence-electron chi connectivity index (χ2n) is 3.21. The van der Waals surface area contributed by atoms with Crippen molar-refractivity contribution < 1.29 is 14.3 Å². The molecule has 6 heteroatoms. The highest BCUT2D eigenvalue weighted by molar-refractivity contribution is 9.09. The summed E-state index contributed by atoms with van der Waals surface area (Å²) in [6.07, 6.45) is 0. The van der Waals surface area contributed by atoms with E-state index in [1.54, 1.807) is 26.4 Å². The average molecular weight is 323 g/mol. The van der Waals surface area contributed by atoms with Gasteiger partial charge in [0.05, 0.1) is 19.5 Å². The lowest BCUT2D eigenvalue weighted by molar-refractivity contribution is -0.118. The van der Waals surface area contributed by atoms with E-state index in [0.717, 1.165) is 5.56 Å². The molecular formula is C11H13BrClNO3. The first-order chi connectivity index (χ1) is 8.12. The second kappa shape index (κ2) is 6.71. The van der Waals surface area contributed by atoms with Crippen molar-refractivity contribution in [3.63, 3.8) is 0 Å². The Kier molecular flexibility index (Phi) is 5.58. The number of methoxy groups -OCH3 is 2. The van der Waals surface area contributed by atoms with E-state index in [0.29, 0.717) is 23.1 Å². The van der Waals surface area contributed by atoms with Gasteiger partial charge >= 0.3 is 0 Å². The Morgan fingerprint density at radius 2 is 1.94 bits per heavy atom. The Hall–Kier alpha value is -0.940. The number of rotatable bonds is 5. The summed E-state index contributed by atoms with van der Waals surface area (Å²) >= 11 is 9.13. The van der Waals surface area contributed by atoms with Gasteiger partial charge in [-0.2, -0.15) is 0 Å². The highest BCUT2D eigenvalue weighted by Gasteiger charge is 2.10. The fourth-order valence-electron chi connectivity index (χ4n) is 1.27. The first-order valence-corrected chi connectivity index (χ1v) is 6.35. The van der Waals surface area contributed by atoms with Crippen LogP contribution in [-0.4, -0.2) is 25.5 Å². The van der Waals surface area contributed by atoms with Crippen LogP contribution < -0.4 is 14.8 Å². The molecule has 0 aromatic heterocycles. The summed E-state index contributed by atoms with van der Waals surface area (Å²) in [5.74, 6) is 1.05. The summed E-state index contributed by atoms with van der Waals surface area (Å²) in [6.45, 7) is 0.351. The first kappa shape index (κ1) is 14.1. The van der Waals surface area contributed by atoms with Crippen LogP contribution in [0.4, 0.5) is 0 Å². The number of hydrogen-bond donors (Lipinski definition) is 1. The summed E-state index contributed by atoms with van der Waals surface area (Å²) in [7, 11) is 3.09. The van der Waals surface area contributed by atoms with E-state index in [1.807, 2.05) is 0 Å². The molecule has 0 bridgehead atoms. The van der Waals surface area contributed by atoms with Gasteiger partial charge in [-0.05, 0) is 11.6 Å². The molecule has 0 aliphatic carbocycles. The Morgan fingerprint density at radius 1 is 1.35 bits per heavy atom. The molecule has 0 aliphatic heterocycles. The molecular weight excluding hydrogens is 309 g/mol. The van der Waals surface area contributed by atoms with Crippen molar-refractivity contribution in [1.29, 1.82) is 0 Å². The summed E-state index contributed by atoms with van der Waals surface area (Å²) in [4.78, 5) is 11.1. The second-order valence-corrected chi connectivity index (χ2v) is 4.18. The molecule has 0 fully saturated rings. The minimum absolute atomic E-state index is 0.101. The van der Waals surface area contributed by atoms with Gasteiger partial charge in [-0.1, -0.05) is 27.5 Å². The standard InChI is InChI=1S/C11H13BrClNO3/c1-16-9-3-7(6-14-11(15)5-12)8(13)4-10(9)17-2/h3-4H,5-6H2,1-2H3,(H,14,15). The maximum atomic E-state index is 11.1. The fourth-order valence-corrected chi connectivity index (χ4v) is 1.69. The average Bonchev–Trinajstić information content (AvgIpc) is 2.36. The van der Waals surface area contributed by atoms with E-state index in [1.165, 1.54) is 0 Å². The number of ether oxygens (including phenoxy) is 2. The highest BCUT2D eigenvalue weighted by atomic mass is 79.9. The van der Waals surface area contributed by atoms with Crippen LogP contribution in [0.25, 0.3) is 0 Å². The summed E-state index contributed by atoms with van der Waals surface area (Å²) in [5.41, 5.74) is 0.776. The van der Waals surface area contributed by atoms with Gasteiger partial charge in [-0.25, -0.2) is 0 Å². The van der Waals surface area contributed by atoms with Crippen LogP contribution in [0.2, 0.25) is 5.02 Å². The van der Waals surface area contributed by atoms with Crippen molar-refractivity contribution in [3.8, 4) is 11.5 Å². The molecule has 1 rings (SSSR count). The van der Waals surface area contributed by atoms with E-state index >= 15 is 0 Å². The van der Waals surface area contributed by atoms with Gasteiger partial charge in [-0.3, -0.25) is 4.79 Å². The zero-order valence-electron chi connectivity index (χ0n) is 9.55. The Morgan fingerprint density at radius 3 is 2.47 bits per heavy atom. The number of carbonyl (C=O) groups excluding carboxylic acids is 1. The molecule has 4 nitrogen and oxygen atoms in total. The Bertz CT molecular complexity index is 412. The van der Waals surface area contributed by atoms with Crippen LogP contribution in [0.3, 0.4) is 0 Å². The first-order valence-electron chi connectivity index (χ1n) is 4.85. The number of benzene rings is 1. The van der Waals surface area contributed by atoms with Gasteiger partial charge in [0.1, 0.15) is 0 Å². The van der Waals surface area contributed by atoms with Crippen molar-refractivity contribution >= 4 is 33.4 Å². The number of carbonyl (C=O) groups is 1. The molecule has 0 heterocycles. The van der Waals surface area contributed by atoms with Gasteiger partial charge in [0, 0.05) is 17.6 Å². The highest BCUT2D eigenvalue weighted by Crippen LogP contribution is 2.32. The Balaban J connectivity index is 2.89. The van der Waals surface area contributed by atoms with Crippen molar-refractivity contribution in [2.24, 2.45) is 0 Å². The molecule has 0 unspecified atom stereocenters. The largest absolute Gasteiger partial charge is 0.493 e. The lowest BCUT2D eigenvalue weighted by Crippen LogP contribution is -2.23. The van der Waals surface area contributed by atoms with Crippen molar-refractivity contribution in [2.75, 3.05) is 19.5 Å². The number of halogens is 2. The zero-order valence-corrected chi connectivity index (χ0v) is 11.9. The minimum atomic E-state index is -0.101. The zero-order chi connectivity index (χ0) is 12.8. The normalized spacial score (nSPS) is 9.88. The number of amides is 1. The van der Waals surface area contributed by atoms with E-state index < -0.39 is 0 Å². The number of hydrogen-bond acceptors (Lipinski definition) is 3. The van der Waals surface area contributed by atoms with Crippen molar-refractivity contribution in [1.82, 2.24) is 5.32 Å². The fraction of sp³-hybridized carbons (Fsp3) is 0.364. The molecule has 1 aromatic carbocycles. The molecule has 0 radical (unpaired) electrons. The lowest BCUT2D eigenvalue weighted by Gasteiger charge is -2.12. The van der Waals surface area contributed by atoms with Crippen LogP contribution in [0, 0.1) is 0 Å². The van der Waals surface area contributed by atoms with Gasteiger partial charge in [0.25, 0.3) is 0 Å². The third-order valence-corrected chi connectivity index (χ3v) is 3.01. The molecule has 1 N–H and O–H groups in total. The number of nitrogens with one attached hydrogen (secondary N) is 1. The maximum Gasteiger partial charge on any atom is 0.230 e. The molecule has 17 heavy (non-hydrogen) atoms. The van der Waals surface area contributed by atoms with Crippen LogP contribution in [0.5, 0.6) is 11.5 Å². The monoisotopic (exact) mass is 321 g/mol. The quantitative estimate of drug-likeness (QED) is 0.847. The van der Waals surface area contributed by atoms with Crippen LogP contribution >= 0.6 is 27.5 Å². The molecule has 0 spiro atoms. The van der Waals surface area contributed by atoms with E-state index in [4.69, 9.17) is 21.1 Å². The smallest absolute Gasteiger partial charge is 0.230 e. The minimum Gasteiger partial charge on any atom is -0.493 e. The van der Waals surface area contributed by atoms with Crippen LogP contribution in [0.15, 0.2) is 12.1 Å². The van der Waals surface area contributed by atoms with E-state index in [9.17, 15) is 4.79 Å². The third-order valence-electron chi connectivity index (χ3n) is 2.15. The lowest BCUT2D eigenvalue weighted by atomic mass is 10.2. The predicted octanol–water partition coefficient (Wildman–Crippen LogP) is 2.37. The summed E-state index contributed by atoms with van der Waals surface area (Å²) < 4.78 is 10.3. The van der Waals surface area contributed by atoms with Gasteiger partial charge < -0.3 is 14.8 Å². The van der Waals surface area contributed by atoms with E-state index in [2.05, 4.69) is 21.2 Å². The van der Waals surface area contributed by atoms with Crippen LogP contribution in [0.1, 0.15) is 5.56 Å². The topological polar surface area (TPSA) is 47.6 Å². The Labute approximate surface area is 113 Å². The molecule has 0 saturated carbocycles. The van der Waals surface area contributed by atoms with Crippen molar-refractivity contribution in [2.45, 2.75) is 6.54 Å². The third kappa shape index (κ3) is 3.78. The van der Waals surface area contributed by atoms with Gasteiger partial charge in [0.2, 0.25) is 5.91 Å². The maximum absolute atomic E-state index is 11.1. The molecule has 94 valence electrons. The SMILES string of the molecule is COc1cc(Cl)c(CNC(=O)CBr)cc1OC. The molecule has 1 amide bonds. The van der Waals surface area contributed by atoms with Crippen molar-refractivity contribution in [3.05, 3.63) is 22.7 Å². The van der Waals surface area contributed by atoms with Gasteiger partial charge in [-0.15, -0.1) is 0 Å². The van der Waals surface area contributed by atoms with E-state index in [-0.39, 0.29) is 11.2 Å². The molecule has 1 aromatic rings. The summed E-state index contributed by atoms with van der Waals surface area (Å²) in [5, 5.41) is 3.50. The molecule has 0 aliphatic rings. The molecule has 0 saturated heterocycles.